The minimum Gasteiger partial charge on any atom is -0.427 e. The summed E-state index contributed by atoms with van der Waals surface area (Å²) in [6, 6.07) is 3.72. The maximum absolute atomic E-state index is 13.4. The van der Waals surface area contributed by atoms with Gasteiger partial charge in [-0.3, -0.25) is 0 Å². The van der Waals surface area contributed by atoms with E-state index in [0.717, 1.165) is 17.1 Å². The third-order valence-electron chi connectivity index (χ3n) is 2.66. The Morgan fingerprint density at radius 2 is 2.16 bits per heavy atom. The molecule has 0 saturated heterocycles. The summed E-state index contributed by atoms with van der Waals surface area (Å²) in [6.07, 6.45) is 2.39. The fraction of sp³-hybridized carbons (Fsp3) is 0.333. The van der Waals surface area contributed by atoms with Gasteiger partial charge in [-0.2, -0.15) is 0 Å². The van der Waals surface area contributed by atoms with Crippen LogP contribution in [-0.2, 0) is 6.54 Å². The van der Waals surface area contributed by atoms with E-state index >= 15 is 0 Å². The summed E-state index contributed by atoms with van der Waals surface area (Å²) < 4.78 is 31.4. The van der Waals surface area contributed by atoms with E-state index in [2.05, 4.69) is 15.5 Å². The molecule has 1 aliphatic rings. The Bertz CT molecular complexity index is 586. The lowest BCUT2D eigenvalue weighted by atomic mass is 10.3. The Morgan fingerprint density at radius 1 is 1.32 bits per heavy atom. The topological polar surface area (TPSA) is 47.0 Å². The molecule has 0 radical (unpaired) electrons. The van der Waals surface area contributed by atoms with Gasteiger partial charge in [0.05, 0.1) is 6.54 Å². The van der Waals surface area contributed by atoms with Crippen LogP contribution in [0.25, 0.3) is 0 Å². The molecular weight excluding hydrogens is 272 g/mol. The smallest absolute Gasteiger partial charge is 0.299 e. The molecule has 1 fully saturated rings. The molecule has 0 atom stereocenters. The molecule has 100 valence electrons. The van der Waals surface area contributed by atoms with Gasteiger partial charge in [-0.05, 0) is 25.0 Å². The van der Waals surface area contributed by atoms with Crippen molar-refractivity contribution in [2.45, 2.75) is 25.4 Å². The number of ether oxygens (including phenoxy) is 1. The highest BCUT2D eigenvalue weighted by Gasteiger charge is 2.21. The monoisotopic (exact) mass is 283 g/mol. The second-order valence-electron chi connectivity index (χ2n) is 4.29. The van der Waals surface area contributed by atoms with Gasteiger partial charge in [0.15, 0.2) is 11.6 Å². The van der Waals surface area contributed by atoms with Crippen LogP contribution >= 0.6 is 11.3 Å². The van der Waals surface area contributed by atoms with Crippen molar-refractivity contribution in [2.24, 2.45) is 0 Å². The van der Waals surface area contributed by atoms with Crippen molar-refractivity contribution in [2.75, 3.05) is 0 Å². The first-order valence-electron chi connectivity index (χ1n) is 5.89. The summed E-state index contributed by atoms with van der Waals surface area (Å²) in [6.45, 7) is 0.637. The van der Waals surface area contributed by atoms with Gasteiger partial charge in [0.1, 0.15) is 10.8 Å². The predicted octanol–water partition coefficient (Wildman–Crippen LogP) is 2.86. The zero-order valence-corrected chi connectivity index (χ0v) is 10.7. The van der Waals surface area contributed by atoms with Gasteiger partial charge in [-0.1, -0.05) is 16.4 Å². The van der Waals surface area contributed by atoms with Gasteiger partial charge in [0, 0.05) is 12.1 Å². The highest BCUT2D eigenvalue weighted by molar-refractivity contribution is 7.13. The van der Waals surface area contributed by atoms with Crippen molar-refractivity contribution in [3.05, 3.63) is 34.8 Å². The molecule has 0 unspecified atom stereocenters. The van der Waals surface area contributed by atoms with E-state index in [-0.39, 0.29) is 10.9 Å². The molecular formula is C12H11F2N3OS. The molecule has 3 rings (SSSR count). The van der Waals surface area contributed by atoms with Crippen molar-refractivity contribution in [3.63, 3.8) is 0 Å². The van der Waals surface area contributed by atoms with Crippen molar-refractivity contribution < 1.29 is 13.5 Å². The number of halogens is 2. The van der Waals surface area contributed by atoms with E-state index < -0.39 is 11.6 Å². The number of hydrogen-bond donors (Lipinski definition) is 1. The number of benzene rings is 1. The zero-order valence-electron chi connectivity index (χ0n) is 9.90. The Balaban J connectivity index is 1.65. The lowest BCUT2D eigenvalue weighted by molar-refractivity contribution is 0.431. The van der Waals surface area contributed by atoms with Crippen LogP contribution < -0.4 is 10.1 Å². The average Bonchev–Trinajstić information content (AvgIpc) is 3.10. The van der Waals surface area contributed by atoms with E-state index in [1.807, 2.05) is 0 Å². The van der Waals surface area contributed by atoms with Crippen LogP contribution in [0.4, 0.5) is 8.78 Å². The Morgan fingerprint density at radius 3 is 2.89 bits per heavy atom. The van der Waals surface area contributed by atoms with Crippen molar-refractivity contribution in [3.8, 4) is 10.9 Å². The van der Waals surface area contributed by atoms with Crippen LogP contribution in [0, 0.1) is 11.6 Å². The van der Waals surface area contributed by atoms with E-state index in [4.69, 9.17) is 4.74 Å². The quantitative estimate of drug-likeness (QED) is 0.916. The Labute approximate surface area is 112 Å². The summed E-state index contributed by atoms with van der Waals surface area (Å²) >= 11 is 1.24. The Hall–Kier alpha value is -1.60. The lowest BCUT2D eigenvalue weighted by Gasteiger charge is -2.01. The van der Waals surface area contributed by atoms with Gasteiger partial charge in [0.25, 0.3) is 5.19 Å². The summed E-state index contributed by atoms with van der Waals surface area (Å²) in [5, 5.41) is 12.1. The molecule has 1 N–H and O–H groups in total. The number of nitrogens with zero attached hydrogens (tertiary/aromatic N) is 2. The molecule has 4 nitrogen and oxygen atoms in total. The molecule has 1 aromatic carbocycles. The van der Waals surface area contributed by atoms with Gasteiger partial charge in [-0.15, -0.1) is 5.10 Å². The van der Waals surface area contributed by atoms with E-state index in [1.165, 1.54) is 30.2 Å². The third-order valence-corrected chi connectivity index (χ3v) is 3.46. The Kier molecular flexibility index (Phi) is 3.39. The molecule has 0 aliphatic heterocycles. The van der Waals surface area contributed by atoms with E-state index in [9.17, 15) is 8.78 Å². The second-order valence-corrected chi connectivity index (χ2v) is 5.32. The van der Waals surface area contributed by atoms with E-state index in [1.54, 1.807) is 0 Å². The normalized spacial score (nSPS) is 14.6. The van der Waals surface area contributed by atoms with Crippen LogP contribution in [0.2, 0.25) is 0 Å². The lowest BCUT2D eigenvalue weighted by Crippen LogP contribution is -2.14. The largest absolute Gasteiger partial charge is 0.427 e. The first-order chi connectivity index (χ1) is 9.20. The molecule has 1 aliphatic carbocycles. The minimum atomic E-state index is -0.757. The van der Waals surface area contributed by atoms with Gasteiger partial charge in [0.2, 0.25) is 0 Å². The maximum Gasteiger partial charge on any atom is 0.299 e. The highest BCUT2D eigenvalue weighted by atomic mass is 32.1. The fourth-order valence-corrected chi connectivity index (χ4v) is 2.17. The average molecular weight is 283 g/mol. The fourth-order valence-electron chi connectivity index (χ4n) is 1.52. The third kappa shape index (κ3) is 3.24. The number of hydrogen-bond acceptors (Lipinski definition) is 5. The number of nitrogens with one attached hydrogen (secondary N) is 1. The summed E-state index contributed by atoms with van der Waals surface area (Å²) in [5.41, 5.74) is 0. The number of aromatic nitrogens is 2. The maximum atomic E-state index is 13.4. The van der Waals surface area contributed by atoms with Crippen LogP contribution in [-0.4, -0.2) is 16.2 Å². The molecule has 0 amide bonds. The summed E-state index contributed by atoms with van der Waals surface area (Å²) in [7, 11) is 0. The molecule has 19 heavy (non-hydrogen) atoms. The van der Waals surface area contributed by atoms with Crippen molar-refractivity contribution >= 4 is 11.3 Å². The van der Waals surface area contributed by atoms with Crippen molar-refractivity contribution in [1.29, 1.82) is 0 Å². The molecule has 7 heteroatoms. The first kappa shape index (κ1) is 12.4. The summed E-state index contributed by atoms with van der Waals surface area (Å²) in [5.74, 6) is -1.46. The van der Waals surface area contributed by atoms with Crippen LogP contribution in [0.3, 0.4) is 0 Å². The van der Waals surface area contributed by atoms with Crippen LogP contribution in [0.15, 0.2) is 18.2 Å². The molecule has 1 aromatic heterocycles. The number of rotatable bonds is 5. The second kappa shape index (κ2) is 5.18. The predicted molar refractivity (Wildman–Crippen MR) is 66.2 cm³/mol. The molecule has 1 saturated carbocycles. The minimum absolute atomic E-state index is 0.0562. The van der Waals surface area contributed by atoms with Crippen molar-refractivity contribution in [1.82, 2.24) is 15.5 Å². The zero-order chi connectivity index (χ0) is 13.2. The van der Waals surface area contributed by atoms with E-state index in [0.29, 0.717) is 12.6 Å². The first-order valence-corrected chi connectivity index (χ1v) is 6.71. The molecule has 2 aromatic rings. The molecule has 1 heterocycles. The molecule has 0 bridgehead atoms. The molecule has 0 spiro atoms. The standard InChI is InChI=1S/C12H11F2N3OS/c13-7-1-4-10(9(14)5-7)18-12-17-16-11(19-12)6-15-8-2-3-8/h1,4-5,8,15H,2-3,6H2. The SMILES string of the molecule is Fc1ccc(Oc2nnc(CNC3CC3)s2)c(F)c1. The van der Waals surface area contributed by atoms with Crippen LogP contribution in [0.1, 0.15) is 17.8 Å². The highest BCUT2D eigenvalue weighted by Crippen LogP contribution is 2.28. The summed E-state index contributed by atoms with van der Waals surface area (Å²) in [4.78, 5) is 0. The van der Waals surface area contributed by atoms with Gasteiger partial charge in [-0.25, -0.2) is 8.78 Å². The van der Waals surface area contributed by atoms with Gasteiger partial charge >= 0.3 is 0 Å². The van der Waals surface area contributed by atoms with Crippen LogP contribution in [0.5, 0.6) is 10.9 Å². The van der Waals surface area contributed by atoms with Gasteiger partial charge < -0.3 is 10.1 Å².